The molecule has 112 valence electrons. The summed E-state index contributed by atoms with van der Waals surface area (Å²) < 4.78 is 39.6. The topological polar surface area (TPSA) is 38.9 Å². The number of nitrogens with zero attached hydrogens (tertiary/aromatic N) is 1. The summed E-state index contributed by atoms with van der Waals surface area (Å²) in [4.78, 5) is 4.20. The van der Waals surface area contributed by atoms with Crippen molar-refractivity contribution in [3.05, 3.63) is 62.3 Å². The lowest BCUT2D eigenvalue weighted by Gasteiger charge is -2.14. The van der Waals surface area contributed by atoms with E-state index in [1.165, 1.54) is 6.07 Å². The van der Waals surface area contributed by atoms with Gasteiger partial charge in [-0.05, 0) is 56.0 Å². The second-order valence-electron chi connectivity index (χ2n) is 4.53. The van der Waals surface area contributed by atoms with E-state index < -0.39 is 17.8 Å². The van der Waals surface area contributed by atoms with Crippen molar-refractivity contribution in [1.29, 1.82) is 0 Å². The molecule has 0 bridgehead atoms. The number of hydrogen-bond donors (Lipinski definition) is 1. The van der Waals surface area contributed by atoms with Gasteiger partial charge in [-0.25, -0.2) is 0 Å². The van der Waals surface area contributed by atoms with Crippen LogP contribution in [0, 0.1) is 0 Å². The Hall–Kier alpha value is -0.920. The monoisotopic (exact) mass is 422 g/mol. The third-order valence-corrected chi connectivity index (χ3v) is 3.97. The zero-order chi connectivity index (χ0) is 15.6. The van der Waals surface area contributed by atoms with Crippen LogP contribution in [0.2, 0.25) is 0 Å². The second-order valence-corrected chi connectivity index (χ2v) is 6.30. The number of benzene rings is 1. The van der Waals surface area contributed by atoms with E-state index in [4.69, 9.17) is 5.73 Å². The van der Waals surface area contributed by atoms with Crippen LogP contribution in [-0.2, 0) is 12.6 Å². The van der Waals surface area contributed by atoms with Gasteiger partial charge in [0, 0.05) is 15.1 Å². The predicted octanol–water partition coefficient (Wildman–Crippen LogP) is 4.87. The van der Waals surface area contributed by atoms with E-state index >= 15 is 0 Å². The number of pyridine rings is 1. The van der Waals surface area contributed by atoms with Gasteiger partial charge in [-0.1, -0.05) is 18.2 Å². The van der Waals surface area contributed by atoms with Crippen molar-refractivity contribution >= 4 is 31.9 Å². The number of alkyl halides is 3. The van der Waals surface area contributed by atoms with Gasteiger partial charge in [0.05, 0.1) is 17.3 Å². The number of aromatic nitrogens is 1. The quantitative estimate of drug-likeness (QED) is 0.764. The number of halogens is 5. The third-order valence-electron chi connectivity index (χ3n) is 2.90. The SMILES string of the molecule is NC(Cc1cccc(C(F)(F)F)c1)c1ncc(Br)cc1Br. The van der Waals surface area contributed by atoms with Gasteiger partial charge in [-0.2, -0.15) is 13.2 Å². The minimum atomic E-state index is -4.35. The summed E-state index contributed by atoms with van der Waals surface area (Å²) in [5.41, 5.74) is 6.51. The van der Waals surface area contributed by atoms with E-state index in [1.54, 1.807) is 18.3 Å². The summed E-state index contributed by atoms with van der Waals surface area (Å²) in [5.74, 6) is 0. The molecule has 0 aliphatic carbocycles. The highest BCUT2D eigenvalue weighted by Gasteiger charge is 2.30. The van der Waals surface area contributed by atoms with Gasteiger partial charge in [-0.3, -0.25) is 4.98 Å². The highest BCUT2D eigenvalue weighted by Crippen LogP contribution is 2.31. The molecule has 2 N–H and O–H groups in total. The lowest BCUT2D eigenvalue weighted by Crippen LogP contribution is -2.16. The van der Waals surface area contributed by atoms with Crippen molar-refractivity contribution in [2.75, 3.05) is 0 Å². The van der Waals surface area contributed by atoms with E-state index in [0.29, 0.717) is 11.3 Å². The van der Waals surface area contributed by atoms with Crippen molar-refractivity contribution in [2.24, 2.45) is 5.73 Å². The number of nitrogens with two attached hydrogens (primary N) is 1. The smallest absolute Gasteiger partial charge is 0.322 e. The summed E-state index contributed by atoms with van der Waals surface area (Å²) in [7, 11) is 0. The molecule has 0 radical (unpaired) electrons. The summed E-state index contributed by atoms with van der Waals surface area (Å²) in [6.07, 6.45) is -2.47. The van der Waals surface area contributed by atoms with Crippen LogP contribution in [0.25, 0.3) is 0 Å². The Labute approximate surface area is 136 Å². The molecule has 7 heteroatoms. The molecule has 0 saturated heterocycles. The first kappa shape index (κ1) is 16.5. The molecule has 1 atom stereocenters. The number of rotatable bonds is 3. The number of hydrogen-bond acceptors (Lipinski definition) is 2. The Morgan fingerprint density at radius 1 is 1.19 bits per heavy atom. The molecule has 2 nitrogen and oxygen atoms in total. The molecule has 0 saturated carbocycles. The fourth-order valence-corrected chi connectivity index (χ4v) is 3.20. The molecule has 0 amide bonds. The van der Waals surface area contributed by atoms with Crippen LogP contribution in [0.1, 0.15) is 22.9 Å². The van der Waals surface area contributed by atoms with Crippen molar-refractivity contribution in [2.45, 2.75) is 18.6 Å². The Bertz CT molecular complexity index is 644. The van der Waals surface area contributed by atoms with Gasteiger partial charge in [0.25, 0.3) is 0 Å². The van der Waals surface area contributed by atoms with Crippen molar-refractivity contribution < 1.29 is 13.2 Å². The van der Waals surface area contributed by atoms with Crippen LogP contribution >= 0.6 is 31.9 Å². The maximum atomic E-state index is 12.7. The minimum Gasteiger partial charge on any atom is -0.322 e. The molecule has 0 spiro atoms. The fraction of sp³-hybridized carbons (Fsp3) is 0.214. The van der Waals surface area contributed by atoms with Gasteiger partial charge in [0.2, 0.25) is 0 Å². The molecule has 0 fully saturated rings. The van der Waals surface area contributed by atoms with Gasteiger partial charge in [0.15, 0.2) is 0 Å². The first-order valence-corrected chi connectivity index (χ1v) is 7.58. The van der Waals surface area contributed by atoms with Crippen molar-refractivity contribution in [3.63, 3.8) is 0 Å². The Morgan fingerprint density at radius 3 is 2.52 bits per heavy atom. The predicted molar refractivity (Wildman–Crippen MR) is 81.7 cm³/mol. The van der Waals surface area contributed by atoms with Crippen LogP contribution < -0.4 is 5.73 Å². The zero-order valence-corrected chi connectivity index (χ0v) is 13.8. The largest absolute Gasteiger partial charge is 0.416 e. The van der Waals surface area contributed by atoms with E-state index in [0.717, 1.165) is 21.1 Å². The highest BCUT2D eigenvalue weighted by atomic mass is 79.9. The lowest BCUT2D eigenvalue weighted by molar-refractivity contribution is -0.137. The van der Waals surface area contributed by atoms with Crippen LogP contribution in [0.15, 0.2) is 45.5 Å². The molecule has 2 rings (SSSR count). The maximum absolute atomic E-state index is 12.7. The Kier molecular flexibility index (Phi) is 5.06. The van der Waals surface area contributed by atoms with Crippen LogP contribution in [0.5, 0.6) is 0 Å². The molecule has 2 aromatic rings. The van der Waals surface area contributed by atoms with Gasteiger partial charge < -0.3 is 5.73 Å². The molecular formula is C14H11Br2F3N2. The molecule has 0 aliphatic heterocycles. The Balaban J connectivity index is 2.21. The molecule has 1 aromatic heterocycles. The van der Waals surface area contributed by atoms with E-state index in [9.17, 15) is 13.2 Å². The van der Waals surface area contributed by atoms with Crippen LogP contribution in [0.4, 0.5) is 13.2 Å². The molecular weight excluding hydrogens is 413 g/mol. The van der Waals surface area contributed by atoms with Crippen molar-refractivity contribution in [3.8, 4) is 0 Å². The zero-order valence-electron chi connectivity index (χ0n) is 10.7. The molecule has 1 aromatic carbocycles. The summed E-state index contributed by atoms with van der Waals surface area (Å²) in [5, 5.41) is 0. The van der Waals surface area contributed by atoms with Gasteiger partial charge >= 0.3 is 6.18 Å². The van der Waals surface area contributed by atoms with Gasteiger partial charge in [-0.15, -0.1) is 0 Å². The minimum absolute atomic E-state index is 0.275. The molecule has 0 aliphatic rings. The van der Waals surface area contributed by atoms with Crippen molar-refractivity contribution in [1.82, 2.24) is 4.98 Å². The van der Waals surface area contributed by atoms with Crippen LogP contribution in [-0.4, -0.2) is 4.98 Å². The average molecular weight is 424 g/mol. The standard InChI is InChI=1S/C14H11Br2F3N2/c15-10-6-11(16)13(21-7-10)12(20)5-8-2-1-3-9(4-8)14(17,18)19/h1-4,6-7,12H,5,20H2. The summed E-state index contributed by atoms with van der Waals surface area (Å²) in [6.45, 7) is 0. The van der Waals surface area contributed by atoms with E-state index in [-0.39, 0.29) is 6.42 Å². The maximum Gasteiger partial charge on any atom is 0.416 e. The normalized spacial score (nSPS) is 13.2. The van der Waals surface area contributed by atoms with E-state index in [2.05, 4.69) is 36.8 Å². The van der Waals surface area contributed by atoms with Gasteiger partial charge in [0.1, 0.15) is 0 Å². The lowest BCUT2D eigenvalue weighted by atomic mass is 10.0. The third kappa shape index (κ3) is 4.28. The molecule has 1 heterocycles. The Morgan fingerprint density at radius 2 is 1.90 bits per heavy atom. The molecule has 21 heavy (non-hydrogen) atoms. The molecule has 1 unspecified atom stereocenters. The summed E-state index contributed by atoms with van der Waals surface area (Å²) in [6, 6.07) is 6.48. The first-order chi connectivity index (χ1) is 9.77. The highest BCUT2D eigenvalue weighted by molar-refractivity contribution is 9.11. The second kappa shape index (κ2) is 6.46. The fourth-order valence-electron chi connectivity index (χ4n) is 1.92. The summed E-state index contributed by atoms with van der Waals surface area (Å²) >= 11 is 6.64. The van der Waals surface area contributed by atoms with E-state index in [1.807, 2.05) is 0 Å². The van der Waals surface area contributed by atoms with Crippen LogP contribution in [0.3, 0.4) is 0 Å². The average Bonchev–Trinajstić information content (AvgIpc) is 2.37. The first-order valence-electron chi connectivity index (χ1n) is 6.00.